The smallest absolute Gasteiger partial charge is 0.220 e. The van der Waals surface area contributed by atoms with Crippen LogP contribution in [0, 0.1) is 0 Å². The van der Waals surface area contributed by atoms with Gasteiger partial charge in [0, 0.05) is 6.42 Å². The quantitative estimate of drug-likeness (QED) is 0.0204. The summed E-state index contributed by atoms with van der Waals surface area (Å²) in [6, 6.07) is -0.926. The largest absolute Gasteiger partial charge is 0.394 e. The molecule has 1 amide bonds. The summed E-state index contributed by atoms with van der Waals surface area (Å²) >= 11 is 0. The lowest BCUT2D eigenvalue weighted by Gasteiger charge is -2.46. The maximum absolute atomic E-state index is 13.4. The minimum atomic E-state index is -1.79. The molecular weight excluding hydrogens is 1250 g/mol. The molecule has 9 N–H and O–H groups in total. The number of nitrogens with one attached hydrogen (secondary N) is 1. The highest BCUT2D eigenvalue weighted by Gasteiger charge is 2.51. The Kier molecular flexibility index (Phi) is 63.3. The van der Waals surface area contributed by atoms with Crippen LogP contribution in [-0.2, 0) is 23.7 Å². The molecule has 12 atom stereocenters. The van der Waals surface area contributed by atoms with E-state index in [0.29, 0.717) is 6.42 Å². The van der Waals surface area contributed by atoms with Gasteiger partial charge in [0.05, 0.1) is 32.0 Å². The number of aliphatic hydroxyl groups excluding tert-OH is 8. The second kappa shape index (κ2) is 68.5. The highest BCUT2D eigenvalue weighted by atomic mass is 16.7. The summed E-state index contributed by atoms with van der Waals surface area (Å²) in [7, 11) is 0. The van der Waals surface area contributed by atoms with Crippen molar-refractivity contribution in [2.45, 2.75) is 396 Å². The maximum atomic E-state index is 13.4. The second-order valence-corrected chi connectivity index (χ2v) is 28.2. The van der Waals surface area contributed by atoms with Crippen LogP contribution in [0.25, 0.3) is 0 Å². The molecule has 12 unspecified atom stereocenters. The van der Waals surface area contributed by atoms with Crippen molar-refractivity contribution in [3.63, 3.8) is 0 Å². The van der Waals surface area contributed by atoms with Gasteiger partial charge in [-0.05, 0) is 89.9 Å². The topological polar surface area (TPSA) is 228 Å². The molecule has 100 heavy (non-hydrogen) atoms. The zero-order valence-corrected chi connectivity index (χ0v) is 63.2. The molecule has 2 heterocycles. The monoisotopic (exact) mass is 1400 g/mol. The molecule has 2 rings (SSSR count). The number of hydrogen-bond acceptors (Lipinski definition) is 13. The molecule has 0 bridgehead atoms. The van der Waals surface area contributed by atoms with E-state index < -0.39 is 86.8 Å². The minimum Gasteiger partial charge on any atom is -0.394 e. The van der Waals surface area contributed by atoms with Gasteiger partial charge in [-0.15, -0.1) is 0 Å². The average molecular weight is 1410 g/mol. The van der Waals surface area contributed by atoms with Gasteiger partial charge >= 0.3 is 0 Å². The normalized spacial score (nSPS) is 22.5. The molecule has 0 aromatic heterocycles. The van der Waals surface area contributed by atoms with E-state index in [9.17, 15) is 45.6 Å². The summed E-state index contributed by atoms with van der Waals surface area (Å²) < 4.78 is 22.9. The first-order valence-corrected chi connectivity index (χ1v) is 40.8. The van der Waals surface area contributed by atoms with Crippen molar-refractivity contribution in [3.05, 3.63) is 122 Å². The molecule has 0 aromatic rings. The Morgan fingerprint density at radius 3 is 1.06 bits per heavy atom. The van der Waals surface area contributed by atoms with Gasteiger partial charge in [0.2, 0.25) is 5.91 Å². The Bertz CT molecular complexity index is 2150. The number of ether oxygens (including phenoxy) is 4. The number of amides is 1. The van der Waals surface area contributed by atoms with E-state index in [1.807, 2.05) is 6.08 Å². The Balaban J connectivity index is 1.62. The molecule has 2 saturated heterocycles. The number of carbonyl (C=O) groups is 1. The van der Waals surface area contributed by atoms with E-state index >= 15 is 0 Å². The molecule has 0 aromatic carbocycles. The molecule has 0 spiro atoms. The van der Waals surface area contributed by atoms with Crippen LogP contribution in [0.3, 0.4) is 0 Å². The lowest BCUT2D eigenvalue weighted by molar-refractivity contribution is -0.359. The number of aliphatic hydroxyl groups is 8. The Morgan fingerprint density at radius 2 is 0.690 bits per heavy atom. The standard InChI is InChI=1S/C86H149NO13/c1-3-5-7-9-11-13-15-17-19-21-23-25-27-29-31-32-33-34-35-36-37-38-39-40-41-42-44-46-48-50-52-54-56-58-60-62-64-66-68-70-78(91)87-74(73-97-85-83(96)81(94)84(77(72-89)99-85)100-86-82(95)80(93)79(92)76(71-88)98-86)75(90)69-67-65-63-61-59-57-55-53-51-49-47-45-43-30-28-26-24-22-20-18-16-14-12-10-8-6-4-2/h5,7,11,13,17,19,23,25,29,31,33-34,36-37,39-40,42,44,67,69,74-77,79-86,88-90,92-96H,3-4,6,8-10,12,14-16,18,20-22,24,26-28,30,32,35,38,41,43,45-66,68,70-73H2,1-2H3,(H,87,91)/b7-5-,13-11-,19-17-,25-23-,31-29-,34-33-,37-36-,40-39-,44-42-,69-67+. The van der Waals surface area contributed by atoms with Crippen molar-refractivity contribution in [1.82, 2.24) is 5.32 Å². The molecule has 2 aliphatic heterocycles. The molecular formula is C86H149NO13. The number of hydrogen-bond donors (Lipinski definition) is 9. The van der Waals surface area contributed by atoms with Crippen LogP contribution in [0.1, 0.15) is 322 Å². The van der Waals surface area contributed by atoms with E-state index in [-0.39, 0.29) is 18.9 Å². The van der Waals surface area contributed by atoms with Crippen LogP contribution in [0.15, 0.2) is 122 Å². The van der Waals surface area contributed by atoms with Gasteiger partial charge in [-0.25, -0.2) is 0 Å². The van der Waals surface area contributed by atoms with Gasteiger partial charge in [0.1, 0.15) is 48.8 Å². The predicted molar refractivity (Wildman–Crippen MR) is 415 cm³/mol. The SMILES string of the molecule is CC/C=C\C/C=C\C/C=C\C/C=C\C/C=C\C/C=C\C/C=C\C/C=C\C/C=C\CCCCCCCCCCCCCC(=O)NC(COC1OC(CO)C(OC2OC(CO)C(O)C(O)C2O)C(O)C1O)C(O)/C=C/CCCCCCCCCCCCCCCCCCCCCCCCCCC. The molecule has 0 saturated carbocycles. The fraction of sp³-hybridized carbons (Fsp3) is 0.756. The molecule has 576 valence electrons. The third-order valence-corrected chi connectivity index (χ3v) is 19.2. The lowest BCUT2D eigenvalue weighted by atomic mass is 9.97. The van der Waals surface area contributed by atoms with Crippen molar-refractivity contribution in [2.75, 3.05) is 19.8 Å². The van der Waals surface area contributed by atoms with Crippen LogP contribution in [0.5, 0.6) is 0 Å². The average Bonchev–Trinajstić information content (AvgIpc) is 0.796. The zero-order valence-electron chi connectivity index (χ0n) is 63.2. The summed E-state index contributed by atoms with van der Waals surface area (Å²) in [6.07, 6.45) is 84.1. The van der Waals surface area contributed by atoms with Crippen LogP contribution in [0.4, 0.5) is 0 Å². The van der Waals surface area contributed by atoms with Crippen LogP contribution < -0.4 is 5.32 Å². The van der Waals surface area contributed by atoms with Crippen LogP contribution in [0.2, 0.25) is 0 Å². The third-order valence-electron chi connectivity index (χ3n) is 19.2. The van der Waals surface area contributed by atoms with Crippen molar-refractivity contribution >= 4 is 5.91 Å². The van der Waals surface area contributed by atoms with Crippen molar-refractivity contribution in [1.29, 1.82) is 0 Å². The number of allylic oxidation sites excluding steroid dienone is 19. The van der Waals surface area contributed by atoms with Crippen molar-refractivity contribution in [3.8, 4) is 0 Å². The summed E-state index contributed by atoms with van der Waals surface area (Å²) in [6.45, 7) is 2.72. The van der Waals surface area contributed by atoms with E-state index in [0.717, 1.165) is 103 Å². The predicted octanol–water partition coefficient (Wildman–Crippen LogP) is 18.8. The Morgan fingerprint density at radius 1 is 0.370 bits per heavy atom. The fourth-order valence-corrected chi connectivity index (χ4v) is 12.8. The van der Waals surface area contributed by atoms with Gasteiger partial charge in [-0.3, -0.25) is 4.79 Å². The van der Waals surface area contributed by atoms with E-state index in [1.54, 1.807) is 6.08 Å². The van der Waals surface area contributed by atoms with Crippen LogP contribution >= 0.6 is 0 Å². The molecule has 2 fully saturated rings. The number of carbonyl (C=O) groups excluding carboxylic acids is 1. The van der Waals surface area contributed by atoms with Gasteiger partial charge in [-0.2, -0.15) is 0 Å². The molecule has 0 aliphatic carbocycles. The molecule has 14 nitrogen and oxygen atoms in total. The number of rotatable bonds is 67. The van der Waals surface area contributed by atoms with Gasteiger partial charge in [0.15, 0.2) is 12.6 Å². The first kappa shape index (κ1) is 92.5. The van der Waals surface area contributed by atoms with E-state index in [4.69, 9.17) is 18.9 Å². The minimum absolute atomic E-state index is 0.243. The first-order valence-electron chi connectivity index (χ1n) is 40.8. The third kappa shape index (κ3) is 50.7. The van der Waals surface area contributed by atoms with Gasteiger partial charge < -0.3 is 65.1 Å². The lowest BCUT2D eigenvalue weighted by Crippen LogP contribution is -2.65. The second-order valence-electron chi connectivity index (χ2n) is 28.2. The summed E-state index contributed by atoms with van der Waals surface area (Å²) in [4.78, 5) is 13.4. The first-order chi connectivity index (χ1) is 49.1. The van der Waals surface area contributed by atoms with Crippen molar-refractivity contribution in [2.24, 2.45) is 0 Å². The maximum Gasteiger partial charge on any atom is 0.220 e. The molecule has 14 heteroatoms. The summed E-state index contributed by atoms with van der Waals surface area (Å²) in [5.74, 6) is -0.243. The highest BCUT2D eigenvalue weighted by molar-refractivity contribution is 5.76. The fourth-order valence-electron chi connectivity index (χ4n) is 12.8. The zero-order chi connectivity index (χ0) is 72.2. The molecule has 0 radical (unpaired) electrons. The van der Waals surface area contributed by atoms with Crippen LogP contribution in [-0.4, -0.2) is 140 Å². The van der Waals surface area contributed by atoms with Gasteiger partial charge in [0.25, 0.3) is 0 Å². The Labute approximate surface area is 609 Å². The van der Waals surface area contributed by atoms with Crippen molar-refractivity contribution < 1.29 is 64.6 Å². The van der Waals surface area contributed by atoms with E-state index in [1.165, 1.54) is 193 Å². The summed E-state index contributed by atoms with van der Waals surface area (Å²) in [5.41, 5.74) is 0. The highest BCUT2D eigenvalue weighted by Crippen LogP contribution is 2.30. The van der Waals surface area contributed by atoms with E-state index in [2.05, 4.69) is 129 Å². The number of unbranched alkanes of at least 4 members (excludes halogenated alkanes) is 36. The van der Waals surface area contributed by atoms with Gasteiger partial charge in [-0.1, -0.05) is 347 Å². The Hall–Kier alpha value is -3.61. The summed E-state index contributed by atoms with van der Waals surface area (Å²) in [5, 5.41) is 87.7. The molecule has 2 aliphatic rings.